The van der Waals surface area contributed by atoms with Gasteiger partial charge in [0, 0.05) is 18.5 Å². The third kappa shape index (κ3) is 2.93. The van der Waals surface area contributed by atoms with E-state index in [4.69, 9.17) is 13.8 Å². The Morgan fingerprint density at radius 3 is 2.96 bits per heavy atom. The molecule has 0 spiro atoms. The van der Waals surface area contributed by atoms with Crippen molar-refractivity contribution in [2.75, 3.05) is 13.2 Å². The van der Waals surface area contributed by atoms with Gasteiger partial charge in [0.05, 0.1) is 6.04 Å². The molecule has 4 rings (SSSR count). The first-order valence-electron chi connectivity index (χ1n) is 7.90. The summed E-state index contributed by atoms with van der Waals surface area (Å²) in [5, 5.41) is 7.78. The Morgan fingerprint density at radius 1 is 1.35 bits per heavy atom. The van der Waals surface area contributed by atoms with Crippen molar-refractivity contribution in [1.29, 1.82) is 0 Å². The molecule has 0 radical (unpaired) electrons. The first kappa shape index (κ1) is 14.2. The third-order valence-corrected chi connectivity index (χ3v) is 4.21. The fourth-order valence-corrected chi connectivity index (χ4v) is 2.84. The van der Waals surface area contributed by atoms with Crippen molar-refractivity contribution in [3.8, 4) is 5.88 Å². The van der Waals surface area contributed by atoms with Gasteiger partial charge in [0.2, 0.25) is 5.89 Å². The molecule has 0 N–H and O–H groups in total. The molecular formula is C15H18N4O4. The van der Waals surface area contributed by atoms with Crippen LogP contribution in [0.15, 0.2) is 15.1 Å². The van der Waals surface area contributed by atoms with E-state index in [0.717, 1.165) is 25.7 Å². The molecule has 1 saturated carbocycles. The second-order valence-electron chi connectivity index (χ2n) is 6.07. The zero-order chi connectivity index (χ0) is 15.8. The molecule has 2 fully saturated rings. The number of aryl methyl sites for hydroxylation is 1. The number of carbonyl (C=O) groups is 1. The number of likely N-dealkylation sites (tertiary alicyclic amines) is 1. The van der Waals surface area contributed by atoms with Crippen LogP contribution in [0.4, 0.5) is 0 Å². The Bertz CT molecular complexity index is 706. The Hall–Kier alpha value is -2.38. The van der Waals surface area contributed by atoms with E-state index in [0.29, 0.717) is 35.8 Å². The number of amides is 1. The van der Waals surface area contributed by atoms with Crippen LogP contribution in [-0.4, -0.2) is 39.3 Å². The highest BCUT2D eigenvalue weighted by Gasteiger charge is 2.36. The van der Waals surface area contributed by atoms with Gasteiger partial charge in [-0.25, -0.2) is 0 Å². The van der Waals surface area contributed by atoms with Gasteiger partial charge in [0.15, 0.2) is 12.4 Å². The average Bonchev–Trinajstić information content (AvgIpc) is 2.96. The van der Waals surface area contributed by atoms with Gasteiger partial charge >= 0.3 is 0 Å². The second kappa shape index (κ2) is 5.68. The number of ether oxygens (including phenoxy) is 1. The highest BCUT2D eigenvalue weighted by atomic mass is 16.5. The normalized spacial score (nSPS) is 20.9. The first-order chi connectivity index (χ1) is 11.2. The molecule has 1 saturated heterocycles. The van der Waals surface area contributed by atoms with Crippen molar-refractivity contribution in [1.82, 2.24) is 20.2 Å². The largest absolute Gasteiger partial charge is 0.465 e. The van der Waals surface area contributed by atoms with E-state index in [2.05, 4.69) is 15.3 Å². The monoisotopic (exact) mass is 318 g/mol. The summed E-state index contributed by atoms with van der Waals surface area (Å²) in [4.78, 5) is 18.6. The summed E-state index contributed by atoms with van der Waals surface area (Å²) >= 11 is 0. The Morgan fingerprint density at radius 2 is 2.22 bits per heavy atom. The van der Waals surface area contributed by atoms with E-state index < -0.39 is 0 Å². The molecule has 8 nitrogen and oxygen atoms in total. The molecular weight excluding hydrogens is 300 g/mol. The van der Waals surface area contributed by atoms with Gasteiger partial charge < -0.3 is 18.7 Å². The molecule has 1 atom stereocenters. The van der Waals surface area contributed by atoms with Crippen LogP contribution in [0.25, 0.3) is 0 Å². The zero-order valence-electron chi connectivity index (χ0n) is 12.9. The molecule has 0 bridgehead atoms. The summed E-state index contributed by atoms with van der Waals surface area (Å²) < 4.78 is 15.6. The van der Waals surface area contributed by atoms with Gasteiger partial charge in [0.25, 0.3) is 11.8 Å². The number of aromatic nitrogens is 3. The average molecular weight is 318 g/mol. The number of rotatable bonds is 5. The molecule has 1 aliphatic heterocycles. The van der Waals surface area contributed by atoms with Crippen LogP contribution in [0, 0.1) is 6.92 Å². The predicted molar refractivity (Wildman–Crippen MR) is 76.7 cm³/mol. The molecule has 0 aromatic carbocycles. The molecule has 122 valence electrons. The summed E-state index contributed by atoms with van der Waals surface area (Å²) in [6.07, 6.45) is 3.99. The van der Waals surface area contributed by atoms with Crippen molar-refractivity contribution in [3.05, 3.63) is 23.5 Å². The summed E-state index contributed by atoms with van der Waals surface area (Å²) in [5.74, 6) is 2.59. The fourth-order valence-electron chi connectivity index (χ4n) is 2.84. The molecule has 3 heterocycles. The van der Waals surface area contributed by atoms with E-state index >= 15 is 0 Å². The summed E-state index contributed by atoms with van der Waals surface area (Å²) in [5.41, 5.74) is 0. The van der Waals surface area contributed by atoms with Crippen LogP contribution < -0.4 is 4.74 Å². The van der Waals surface area contributed by atoms with Gasteiger partial charge in [-0.3, -0.25) is 4.79 Å². The number of hydrogen-bond acceptors (Lipinski definition) is 7. The third-order valence-electron chi connectivity index (χ3n) is 4.21. The SMILES string of the molecule is Cc1cc(OCC(=O)N2CCC[C@H]2c2noc(C3CC3)n2)no1. The molecule has 23 heavy (non-hydrogen) atoms. The second-order valence-corrected chi connectivity index (χ2v) is 6.07. The van der Waals surface area contributed by atoms with Gasteiger partial charge in [-0.2, -0.15) is 4.98 Å². The predicted octanol–water partition coefficient (Wildman–Crippen LogP) is 1.99. The van der Waals surface area contributed by atoms with Gasteiger partial charge in [-0.05, 0) is 37.8 Å². The van der Waals surface area contributed by atoms with Crippen LogP contribution in [-0.2, 0) is 4.79 Å². The summed E-state index contributed by atoms with van der Waals surface area (Å²) in [7, 11) is 0. The Balaban J connectivity index is 1.40. The lowest BCUT2D eigenvalue weighted by molar-refractivity contribution is -0.134. The highest BCUT2D eigenvalue weighted by Crippen LogP contribution is 2.40. The number of hydrogen-bond donors (Lipinski definition) is 0. The lowest BCUT2D eigenvalue weighted by Crippen LogP contribution is -2.34. The van der Waals surface area contributed by atoms with Crippen molar-refractivity contribution in [2.24, 2.45) is 0 Å². The maximum Gasteiger partial charge on any atom is 0.261 e. The van der Waals surface area contributed by atoms with Crippen LogP contribution in [0.5, 0.6) is 5.88 Å². The molecule has 0 unspecified atom stereocenters. The Labute approximate surface area is 132 Å². The standard InChI is InChI=1S/C15H18N4O4/c1-9-7-12(17-22-9)21-8-13(20)19-6-2-3-11(19)14-16-15(23-18-14)10-4-5-10/h7,10-11H,2-6,8H2,1H3/t11-/m0/s1. The Kier molecular flexibility index (Phi) is 3.51. The van der Waals surface area contributed by atoms with Crippen LogP contribution in [0.2, 0.25) is 0 Å². The smallest absolute Gasteiger partial charge is 0.261 e. The zero-order valence-corrected chi connectivity index (χ0v) is 12.9. The number of nitrogens with zero attached hydrogens (tertiary/aromatic N) is 4. The van der Waals surface area contributed by atoms with E-state index in [1.807, 2.05) is 0 Å². The van der Waals surface area contributed by atoms with Gasteiger partial charge in [-0.1, -0.05) is 5.16 Å². The quantitative estimate of drug-likeness (QED) is 0.832. The minimum Gasteiger partial charge on any atom is -0.465 e. The maximum atomic E-state index is 12.4. The van der Waals surface area contributed by atoms with Crippen molar-refractivity contribution >= 4 is 5.91 Å². The van der Waals surface area contributed by atoms with E-state index in [1.54, 1.807) is 17.9 Å². The lowest BCUT2D eigenvalue weighted by Gasteiger charge is -2.21. The van der Waals surface area contributed by atoms with Gasteiger partial charge in [0.1, 0.15) is 5.76 Å². The minimum atomic E-state index is -0.124. The van der Waals surface area contributed by atoms with Crippen molar-refractivity contribution < 1.29 is 18.6 Å². The minimum absolute atomic E-state index is 0.0736. The summed E-state index contributed by atoms with van der Waals surface area (Å²) in [6.45, 7) is 2.37. The lowest BCUT2D eigenvalue weighted by atomic mass is 10.2. The molecule has 2 aliphatic rings. The topological polar surface area (TPSA) is 94.5 Å². The van der Waals surface area contributed by atoms with E-state index in [9.17, 15) is 4.79 Å². The molecule has 2 aromatic rings. The molecule has 2 aromatic heterocycles. The molecule has 1 aliphatic carbocycles. The highest BCUT2D eigenvalue weighted by molar-refractivity contribution is 5.78. The first-order valence-corrected chi connectivity index (χ1v) is 7.90. The maximum absolute atomic E-state index is 12.4. The fraction of sp³-hybridized carbons (Fsp3) is 0.600. The van der Waals surface area contributed by atoms with Crippen LogP contribution in [0.3, 0.4) is 0 Å². The van der Waals surface area contributed by atoms with E-state index in [-0.39, 0.29) is 18.6 Å². The van der Waals surface area contributed by atoms with E-state index in [1.165, 1.54) is 0 Å². The summed E-state index contributed by atoms with van der Waals surface area (Å²) in [6, 6.07) is 1.52. The van der Waals surface area contributed by atoms with Crippen molar-refractivity contribution in [2.45, 2.75) is 44.6 Å². The number of carbonyl (C=O) groups excluding carboxylic acids is 1. The molecule has 1 amide bonds. The van der Waals surface area contributed by atoms with Crippen molar-refractivity contribution in [3.63, 3.8) is 0 Å². The van der Waals surface area contributed by atoms with Gasteiger partial charge in [-0.15, -0.1) is 0 Å². The molecule has 8 heteroatoms. The van der Waals surface area contributed by atoms with Crippen LogP contribution in [0.1, 0.15) is 55.1 Å². The van der Waals surface area contributed by atoms with Crippen LogP contribution >= 0.6 is 0 Å².